The summed E-state index contributed by atoms with van der Waals surface area (Å²) in [7, 11) is 0. The van der Waals surface area contributed by atoms with Crippen molar-refractivity contribution in [2.45, 2.75) is 20.3 Å². The molecule has 0 saturated heterocycles. The summed E-state index contributed by atoms with van der Waals surface area (Å²) in [6.45, 7) is 3.41. The first-order valence-electron chi connectivity index (χ1n) is 6.02. The van der Waals surface area contributed by atoms with Crippen molar-refractivity contribution in [1.29, 1.82) is 0 Å². The molecule has 0 amide bonds. The first kappa shape index (κ1) is 14.5. The summed E-state index contributed by atoms with van der Waals surface area (Å²) in [5, 5.41) is 11.0. The zero-order valence-electron chi connectivity index (χ0n) is 11.0. The van der Waals surface area contributed by atoms with E-state index in [1.54, 1.807) is 32.0 Å². The van der Waals surface area contributed by atoms with Crippen LogP contribution in [0.2, 0.25) is 0 Å². The SMILES string of the molecule is CCC(=O)c1ccc(-c2cc([N+](=O)[O-])c(C)cc2Br)o1. The van der Waals surface area contributed by atoms with Crippen LogP contribution >= 0.6 is 15.9 Å². The molecular formula is C14H12BrNO4. The van der Waals surface area contributed by atoms with Crippen molar-refractivity contribution in [2.75, 3.05) is 0 Å². The number of hydrogen-bond donors (Lipinski definition) is 0. The van der Waals surface area contributed by atoms with Crippen LogP contribution < -0.4 is 0 Å². The van der Waals surface area contributed by atoms with E-state index in [0.29, 0.717) is 27.8 Å². The molecule has 5 nitrogen and oxygen atoms in total. The molecule has 0 aliphatic carbocycles. The number of rotatable bonds is 4. The lowest BCUT2D eigenvalue weighted by molar-refractivity contribution is -0.385. The highest BCUT2D eigenvalue weighted by molar-refractivity contribution is 9.10. The maximum Gasteiger partial charge on any atom is 0.273 e. The van der Waals surface area contributed by atoms with E-state index in [1.165, 1.54) is 6.07 Å². The summed E-state index contributed by atoms with van der Waals surface area (Å²) in [5.41, 5.74) is 1.13. The summed E-state index contributed by atoms with van der Waals surface area (Å²) in [6, 6.07) is 6.33. The molecule has 0 radical (unpaired) electrons. The van der Waals surface area contributed by atoms with Crippen molar-refractivity contribution in [3.8, 4) is 11.3 Å². The third-order valence-corrected chi connectivity index (χ3v) is 3.61. The highest BCUT2D eigenvalue weighted by Gasteiger charge is 2.18. The van der Waals surface area contributed by atoms with E-state index in [4.69, 9.17) is 4.42 Å². The monoisotopic (exact) mass is 337 g/mol. The van der Waals surface area contributed by atoms with Gasteiger partial charge in [0.2, 0.25) is 0 Å². The first-order valence-corrected chi connectivity index (χ1v) is 6.81. The second-order valence-electron chi connectivity index (χ2n) is 4.32. The minimum Gasteiger partial charge on any atom is -0.453 e. The van der Waals surface area contributed by atoms with Crippen LogP contribution in [0.3, 0.4) is 0 Å². The molecule has 0 N–H and O–H groups in total. The molecule has 1 heterocycles. The van der Waals surface area contributed by atoms with Gasteiger partial charge in [-0.1, -0.05) is 22.9 Å². The smallest absolute Gasteiger partial charge is 0.273 e. The van der Waals surface area contributed by atoms with Crippen LogP contribution in [-0.4, -0.2) is 10.7 Å². The van der Waals surface area contributed by atoms with Gasteiger partial charge in [-0.3, -0.25) is 14.9 Å². The van der Waals surface area contributed by atoms with Gasteiger partial charge in [0.1, 0.15) is 5.76 Å². The molecule has 6 heteroatoms. The normalized spacial score (nSPS) is 10.6. The maximum atomic E-state index is 11.6. The van der Waals surface area contributed by atoms with Gasteiger partial charge < -0.3 is 4.42 Å². The molecular weight excluding hydrogens is 326 g/mol. The molecule has 0 saturated carbocycles. The highest BCUT2D eigenvalue weighted by Crippen LogP contribution is 2.35. The van der Waals surface area contributed by atoms with Crippen molar-refractivity contribution in [3.05, 3.63) is 50.2 Å². The number of carbonyl (C=O) groups excluding carboxylic acids is 1. The van der Waals surface area contributed by atoms with Gasteiger partial charge in [0.05, 0.1) is 4.92 Å². The molecule has 0 bridgehead atoms. The molecule has 1 aromatic heterocycles. The van der Waals surface area contributed by atoms with E-state index in [0.717, 1.165) is 0 Å². The van der Waals surface area contributed by atoms with Gasteiger partial charge in [-0.15, -0.1) is 0 Å². The topological polar surface area (TPSA) is 73.3 Å². The number of nitro groups is 1. The van der Waals surface area contributed by atoms with Crippen LogP contribution in [0.15, 0.2) is 33.2 Å². The predicted molar refractivity (Wildman–Crippen MR) is 77.9 cm³/mol. The largest absolute Gasteiger partial charge is 0.453 e. The Balaban J connectivity index is 2.52. The Kier molecular flexibility index (Phi) is 4.04. The molecule has 0 fully saturated rings. The summed E-state index contributed by atoms with van der Waals surface area (Å²) in [4.78, 5) is 22.1. The molecule has 20 heavy (non-hydrogen) atoms. The van der Waals surface area contributed by atoms with Crippen LogP contribution in [0.1, 0.15) is 29.5 Å². The fraction of sp³-hybridized carbons (Fsp3) is 0.214. The minimum atomic E-state index is -0.438. The number of benzene rings is 1. The van der Waals surface area contributed by atoms with E-state index in [9.17, 15) is 14.9 Å². The van der Waals surface area contributed by atoms with Crippen LogP contribution in [0.5, 0.6) is 0 Å². The van der Waals surface area contributed by atoms with E-state index in [2.05, 4.69) is 15.9 Å². The third-order valence-electron chi connectivity index (χ3n) is 2.95. The molecule has 1 aromatic carbocycles. The highest BCUT2D eigenvalue weighted by atomic mass is 79.9. The van der Waals surface area contributed by atoms with E-state index >= 15 is 0 Å². The second-order valence-corrected chi connectivity index (χ2v) is 5.17. The molecule has 2 aromatic rings. The Labute approximate surface area is 123 Å². The maximum absolute atomic E-state index is 11.6. The van der Waals surface area contributed by atoms with Gasteiger partial charge in [-0.05, 0) is 25.1 Å². The number of halogens is 1. The predicted octanol–water partition coefficient (Wildman–Crippen LogP) is 4.52. The standard InChI is InChI=1S/C14H12BrNO4/c1-3-12(17)14-5-4-13(20-14)9-7-11(16(18)19)8(2)6-10(9)15/h4-7H,3H2,1-2H3. The molecule has 0 aliphatic rings. The van der Waals surface area contributed by atoms with E-state index in [1.807, 2.05) is 0 Å². The Morgan fingerprint density at radius 1 is 1.40 bits per heavy atom. The number of Topliss-reactive ketones (excluding diaryl/α,β-unsaturated/α-hetero) is 1. The average Bonchev–Trinajstić information content (AvgIpc) is 2.86. The van der Waals surface area contributed by atoms with Gasteiger partial charge in [0, 0.05) is 28.1 Å². The number of carbonyl (C=O) groups is 1. The van der Waals surface area contributed by atoms with Crippen LogP contribution in [0.25, 0.3) is 11.3 Å². The number of aryl methyl sites for hydroxylation is 1. The molecule has 0 aliphatic heterocycles. The lowest BCUT2D eigenvalue weighted by Gasteiger charge is -2.04. The minimum absolute atomic E-state index is 0.0166. The Morgan fingerprint density at radius 3 is 2.70 bits per heavy atom. The Morgan fingerprint density at radius 2 is 2.10 bits per heavy atom. The summed E-state index contributed by atoms with van der Waals surface area (Å²) in [5.74, 6) is 0.586. The zero-order valence-corrected chi connectivity index (χ0v) is 12.6. The van der Waals surface area contributed by atoms with Gasteiger partial charge in [0.15, 0.2) is 11.5 Å². The fourth-order valence-corrected chi connectivity index (χ4v) is 2.51. The van der Waals surface area contributed by atoms with E-state index in [-0.39, 0.29) is 17.2 Å². The zero-order chi connectivity index (χ0) is 14.9. The van der Waals surface area contributed by atoms with Gasteiger partial charge >= 0.3 is 0 Å². The Bertz CT molecular complexity index is 690. The van der Waals surface area contributed by atoms with Crippen molar-refractivity contribution in [3.63, 3.8) is 0 Å². The van der Waals surface area contributed by atoms with Crippen molar-refractivity contribution in [1.82, 2.24) is 0 Å². The number of furan rings is 1. The van der Waals surface area contributed by atoms with E-state index < -0.39 is 4.92 Å². The quantitative estimate of drug-likeness (QED) is 0.467. The van der Waals surface area contributed by atoms with Crippen LogP contribution in [-0.2, 0) is 0 Å². The fourth-order valence-electron chi connectivity index (χ4n) is 1.85. The van der Waals surface area contributed by atoms with Crippen molar-refractivity contribution < 1.29 is 14.1 Å². The van der Waals surface area contributed by atoms with Gasteiger partial charge in [-0.2, -0.15) is 0 Å². The van der Waals surface area contributed by atoms with Crippen molar-refractivity contribution >= 4 is 27.4 Å². The number of nitro benzene ring substituents is 1. The number of nitrogens with zero attached hydrogens (tertiary/aromatic N) is 1. The lowest BCUT2D eigenvalue weighted by atomic mass is 10.1. The second kappa shape index (κ2) is 5.58. The van der Waals surface area contributed by atoms with Crippen molar-refractivity contribution in [2.24, 2.45) is 0 Å². The number of ketones is 1. The third kappa shape index (κ3) is 2.65. The van der Waals surface area contributed by atoms with Gasteiger partial charge in [-0.25, -0.2) is 0 Å². The first-order chi connectivity index (χ1) is 9.43. The molecule has 0 atom stereocenters. The molecule has 104 valence electrons. The van der Waals surface area contributed by atoms with Crippen LogP contribution in [0, 0.1) is 17.0 Å². The van der Waals surface area contributed by atoms with Crippen LogP contribution in [0.4, 0.5) is 5.69 Å². The molecule has 0 spiro atoms. The summed E-state index contributed by atoms with van der Waals surface area (Å²) in [6.07, 6.45) is 0.349. The average molecular weight is 338 g/mol. The molecule has 0 unspecified atom stereocenters. The Hall–Kier alpha value is -1.95. The lowest BCUT2D eigenvalue weighted by Crippen LogP contribution is -1.94. The van der Waals surface area contributed by atoms with Gasteiger partial charge in [0.25, 0.3) is 5.69 Å². The number of hydrogen-bond acceptors (Lipinski definition) is 4. The summed E-state index contributed by atoms with van der Waals surface area (Å²) >= 11 is 3.36. The molecule has 2 rings (SSSR count). The summed E-state index contributed by atoms with van der Waals surface area (Å²) < 4.78 is 6.16.